The van der Waals surface area contributed by atoms with Crippen molar-refractivity contribution in [2.45, 2.75) is 37.4 Å². The van der Waals surface area contributed by atoms with Crippen molar-refractivity contribution in [1.29, 1.82) is 0 Å². The number of alkyl halides is 1. The molecule has 0 aromatic carbocycles. The zero-order chi connectivity index (χ0) is 15.8. The van der Waals surface area contributed by atoms with E-state index in [4.69, 9.17) is 17.3 Å². The molecule has 0 radical (unpaired) electrons. The SMILES string of the molecule is CC(C)(N)c1cn(CC(=O)NC2CS(=O)(=O)CC2Cl)nn1. The van der Waals surface area contributed by atoms with Gasteiger partial charge in [0.05, 0.1) is 34.7 Å². The zero-order valence-electron chi connectivity index (χ0n) is 11.8. The highest BCUT2D eigenvalue weighted by Gasteiger charge is 2.37. The lowest BCUT2D eigenvalue weighted by atomic mass is 10.0. The highest BCUT2D eigenvalue weighted by atomic mass is 35.5. The van der Waals surface area contributed by atoms with Gasteiger partial charge in [0.15, 0.2) is 9.84 Å². The van der Waals surface area contributed by atoms with E-state index in [-0.39, 0.29) is 24.0 Å². The molecule has 1 fully saturated rings. The third-order valence-corrected chi connectivity index (χ3v) is 5.51. The number of sulfone groups is 1. The van der Waals surface area contributed by atoms with E-state index in [0.29, 0.717) is 5.69 Å². The third kappa shape index (κ3) is 4.14. The lowest BCUT2D eigenvalue weighted by molar-refractivity contribution is -0.122. The second-order valence-electron chi connectivity index (χ2n) is 5.79. The molecule has 1 aliphatic rings. The maximum Gasteiger partial charge on any atom is 0.242 e. The molecule has 2 heterocycles. The molecular formula is C11H18ClN5O3S. The van der Waals surface area contributed by atoms with E-state index >= 15 is 0 Å². The predicted molar refractivity (Wildman–Crippen MR) is 77.5 cm³/mol. The summed E-state index contributed by atoms with van der Waals surface area (Å²) >= 11 is 5.93. The number of rotatable bonds is 4. The third-order valence-electron chi connectivity index (χ3n) is 3.13. The molecular weight excluding hydrogens is 318 g/mol. The van der Waals surface area contributed by atoms with E-state index < -0.39 is 26.8 Å². The Bertz CT molecular complexity index is 637. The molecule has 3 N–H and O–H groups in total. The van der Waals surface area contributed by atoms with Gasteiger partial charge in [0.1, 0.15) is 12.2 Å². The van der Waals surface area contributed by atoms with E-state index in [1.165, 1.54) is 4.68 Å². The Kier molecular flexibility index (Phi) is 4.27. The van der Waals surface area contributed by atoms with Gasteiger partial charge in [0.25, 0.3) is 0 Å². The van der Waals surface area contributed by atoms with Crippen LogP contribution >= 0.6 is 11.6 Å². The number of carbonyl (C=O) groups excluding carboxylic acids is 1. The molecule has 21 heavy (non-hydrogen) atoms. The van der Waals surface area contributed by atoms with Gasteiger partial charge in [-0.15, -0.1) is 16.7 Å². The van der Waals surface area contributed by atoms with Gasteiger partial charge in [-0.25, -0.2) is 13.1 Å². The second kappa shape index (κ2) is 5.54. The highest BCUT2D eigenvalue weighted by molar-refractivity contribution is 7.91. The van der Waals surface area contributed by atoms with E-state index in [1.807, 2.05) is 0 Å². The summed E-state index contributed by atoms with van der Waals surface area (Å²) in [5.41, 5.74) is 5.80. The van der Waals surface area contributed by atoms with Crippen LogP contribution in [-0.4, -0.2) is 52.2 Å². The van der Waals surface area contributed by atoms with Gasteiger partial charge in [-0.3, -0.25) is 4.79 Å². The fourth-order valence-corrected chi connectivity index (χ4v) is 4.56. The summed E-state index contributed by atoms with van der Waals surface area (Å²) in [6.07, 6.45) is 1.59. The Labute approximate surface area is 127 Å². The number of nitrogens with one attached hydrogen (secondary N) is 1. The number of nitrogens with two attached hydrogens (primary N) is 1. The van der Waals surface area contributed by atoms with Crippen LogP contribution in [0.4, 0.5) is 0 Å². The quantitative estimate of drug-likeness (QED) is 0.680. The Hall–Kier alpha value is -1.19. The van der Waals surface area contributed by atoms with Crippen LogP contribution < -0.4 is 11.1 Å². The van der Waals surface area contributed by atoms with Crippen molar-refractivity contribution in [2.75, 3.05) is 11.5 Å². The number of hydrogen-bond donors (Lipinski definition) is 2. The first-order chi connectivity index (χ1) is 9.57. The minimum atomic E-state index is -3.18. The smallest absolute Gasteiger partial charge is 0.242 e. The largest absolute Gasteiger partial charge is 0.349 e. The summed E-state index contributed by atoms with van der Waals surface area (Å²) in [4.78, 5) is 11.9. The molecule has 2 unspecified atom stereocenters. The molecule has 0 spiro atoms. The summed E-state index contributed by atoms with van der Waals surface area (Å²) in [7, 11) is -3.18. The van der Waals surface area contributed by atoms with Crippen LogP contribution in [0.15, 0.2) is 6.20 Å². The van der Waals surface area contributed by atoms with Crippen molar-refractivity contribution in [2.24, 2.45) is 5.73 Å². The number of aromatic nitrogens is 3. The molecule has 10 heteroatoms. The van der Waals surface area contributed by atoms with Crippen molar-refractivity contribution in [3.05, 3.63) is 11.9 Å². The normalized spacial score (nSPS) is 25.0. The van der Waals surface area contributed by atoms with Crippen LogP contribution in [0.5, 0.6) is 0 Å². The maximum atomic E-state index is 11.9. The molecule has 1 aromatic heterocycles. The van der Waals surface area contributed by atoms with E-state index in [9.17, 15) is 13.2 Å². The standard InChI is InChI=1S/C11H18ClN5O3S/c1-11(2,13)9-3-17(16-15-9)4-10(18)14-8-6-21(19,20)5-7(8)12/h3,7-8H,4-6,13H2,1-2H3,(H,14,18). The van der Waals surface area contributed by atoms with Gasteiger partial charge >= 0.3 is 0 Å². The number of nitrogens with zero attached hydrogens (tertiary/aromatic N) is 3. The Morgan fingerprint density at radius 3 is 2.71 bits per heavy atom. The molecule has 0 bridgehead atoms. The molecule has 118 valence electrons. The van der Waals surface area contributed by atoms with E-state index in [1.54, 1.807) is 20.0 Å². The van der Waals surface area contributed by atoms with Crippen LogP contribution in [0.3, 0.4) is 0 Å². The molecule has 1 aliphatic heterocycles. The Balaban J connectivity index is 1.95. The van der Waals surface area contributed by atoms with Gasteiger partial charge in [0, 0.05) is 0 Å². The highest BCUT2D eigenvalue weighted by Crippen LogP contribution is 2.18. The summed E-state index contributed by atoms with van der Waals surface area (Å²) < 4.78 is 24.2. The Morgan fingerprint density at radius 1 is 1.57 bits per heavy atom. The molecule has 0 saturated carbocycles. The van der Waals surface area contributed by atoms with Crippen LogP contribution in [0.25, 0.3) is 0 Å². The van der Waals surface area contributed by atoms with Crippen LogP contribution in [0.1, 0.15) is 19.5 Å². The molecule has 1 aromatic rings. The van der Waals surface area contributed by atoms with Crippen molar-refractivity contribution < 1.29 is 13.2 Å². The summed E-state index contributed by atoms with van der Waals surface area (Å²) in [5, 5.41) is 9.72. The van der Waals surface area contributed by atoms with Crippen molar-refractivity contribution >= 4 is 27.3 Å². The van der Waals surface area contributed by atoms with Gasteiger partial charge in [0.2, 0.25) is 5.91 Å². The fourth-order valence-electron chi connectivity index (χ4n) is 2.01. The average molecular weight is 336 g/mol. The fraction of sp³-hybridized carbons (Fsp3) is 0.727. The van der Waals surface area contributed by atoms with Gasteiger partial charge in [-0.1, -0.05) is 5.21 Å². The number of amides is 1. The number of carbonyl (C=O) groups is 1. The lowest BCUT2D eigenvalue weighted by Gasteiger charge is -2.14. The molecule has 1 amide bonds. The first-order valence-corrected chi connectivity index (χ1v) is 8.66. The summed E-state index contributed by atoms with van der Waals surface area (Å²) in [6.45, 7) is 3.50. The van der Waals surface area contributed by atoms with Gasteiger partial charge < -0.3 is 11.1 Å². The molecule has 1 saturated heterocycles. The summed E-state index contributed by atoms with van der Waals surface area (Å²) in [6, 6.07) is -0.571. The lowest BCUT2D eigenvalue weighted by Crippen LogP contribution is -2.42. The van der Waals surface area contributed by atoms with Crippen LogP contribution in [0.2, 0.25) is 0 Å². The monoisotopic (exact) mass is 335 g/mol. The van der Waals surface area contributed by atoms with Crippen LogP contribution in [-0.2, 0) is 26.7 Å². The topological polar surface area (TPSA) is 120 Å². The average Bonchev–Trinajstić information content (AvgIpc) is 2.83. The Morgan fingerprint density at radius 2 is 2.24 bits per heavy atom. The first kappa shape index (κ1) is 16.2. The van der Waals surface area contributed by atoms with Gasteiger partial charge in [-0.05, 0) is 13.8 Å². The van der Waals surface area contributed by atoms with Gasteiger partial charge in [-0.2, -0.15) is 0 Å². The maximum absolute atomic E-state index is 11.9. The molecule has 0 aliphatic carbocycles. The van der Waals surface area contributed by atoms with Crippen molar-refractivity contribution in [3.8, 4) is 0 Å². The predicted octanol–water partition coefficient (Wildman–Crippen LogP) is -1.01. The number of halogens is 1. The second-order valence-corrected chi connectivity index (χ2v) is 8.50. The molecule has 2 rings (SSSR count). The van der Waals surface area contributed by atoms with Crippen molar-refractivity contribution in [1.82, 2.24) is 20.3 Å². The molecule has 8 nitrogen and oxygen atoms in total. The minimum absolute atomic E-state index is 0.0662. The van der Waals surface area contributed by atoms with E-state index in [2.05, 4.69) is 15.6 Å². The van der Waals surface area contributed by atoms with Crippen LogP contribution in [0, 0.1) is 0 Å². The number of hydrogen-bond acceptors (Lipinski definition) is 6. The van der Waals surface area contributed by atoms with E-state index in [0.717, 1.165) is 0 Å². The summed E-state index contributed by atoms with van der Waals surface area (Å²) in [5.74, 6) is -0.617. The minimum Gasteiger partial charge on any atom is -0.349 e. The first-order valence-electron chi connectivity index (χ1n) is 6.40. The zero-order valence-corrected chi connectivity index (χ0v) is 13.4. The van der Waals surface area contributed by atoms with Crippen molar-refractivity contribution in [3.63, 3.8) is 0 Å². The molecule has 2 atom stereocenters.